The highest BCUT2D eigenvalue weighted by atomic mass is 16.5. The molecule has 5 nitrogen and oxygen atoms in total. The predicted molar refractivity (Wildman–Crippen MR) is 90.1 cm³/mol. The summed E-state index contributed by atoms with van der Waals surface area (Å²) in [5.41, 5.74) is 2.18. The number of hydrogen-bond donors (Lipinski definition) is 0. The van der Waals surface area contributed by atoms with Crippen molar-refractivity contribution in [1.82, 2.24) is 9.97 Å². The molecule has 114 valence electrons. The Balaban J connectivity index is 2.16. The zero-order chi connectivity index (χ0) is 16.9. The molecule has 5 heteroatoms. The highest BCUT2D eigenvalue weighted by Gasteiger charge is 2.11. The summed E-state index contributed by atoms with van der Waals surface area (Å²) in [5, 5.41) is 19.0. The molecule has 0 saturated carbocycles. The molecule has 0 unspecified atom stereocenters. The summed E-state index contributed by atoms with van der Waals surface area (Å²) in [4.78, 5) is 8.96. The van der Waals surface area contributed by atoms with Gasteiger partial charge in [-0.2, -0.15) is 10.5 Å². The number of ether oxygens (including phenoxy) is 1. The third-order valence-electron chi connectivity index (χ3n) is 3.53. The second-order valence-corrected chi connectivity index (χ2v) is 4.97. The zero-order valence-electron chi connectivity index (χ0n) is 12.9. The predicted octanol–water partition coefficient (Wildman–Crippen LogP) is 3.70. The van der Waals surface area contributed by atoms with Gasteiger partial charge in [0.05, 0.1) is 12.6 Å². The molecule has 0 spiro atoms. The van der Waals surface area contributed by atoms with Gasteiger partial charge in [-0.25, -0.2) is 9.97 Å². The van der Waals surface area contributed by atoms with Crippen LogP contribution in [0.5, 0.6) is 0 Å². The number of fused-ring (bicyclic) bond motifs is 1. The van der Waals surface area contributed by atoms with Gasteiger partial charge in [-0.3, -0.25) is 0 Å². The van der Waals surface area contributed by atoms with Crippen LogP contribution in [0.25, 0.3) is 28.0 Å². The van der Waals surface area contributed by atoms with Crippen molar-refractivity contribution >= 4 is 16.7 Å². The minimum Gasteiger partial charge on any atom is -0.494 e. The molecule has 2 aromatic carbocycles. The van der Waals surface area contributed by atoms with Crippen LogP contribution in [0.15, 0.2) is 60.3 Å². The first-order valence-corrected chi connectivity index (χ1v) is 7.18. The van der Waals surface area contributed by atoms with Crippen LogP contribution < -0.4 is 0 Å². The average molecular weight is 312 g/mol. The standard InChI is InChI=1S/C19H12N4O/c1-24-18(16(10-20)11-21)14-7-8-15-12-22-19(23-17(15)9-14)13-5-3-2-4-6-13/h2-9,12H,1H3. The summed E-state index contributed by atoms with van der Waals surface area (Å²) in [6.45, 7) is 0. The molecule has 0 aliphatic heterocycles. The van der Waals surface area contributed by atoms with Crippen molar-refractivity contribution in [2.75, 3.05) is 7.11 Å². The van der Waals surface area contributed by atoms with Crippen LogP contribution >= 0.6 is 0 Å². The molecule has 3 aromatic rings. The molecule has 0 atom stereocenters. The second-order valence-electron chi connectivity index (χ2n) is 4.97. The fraction of sp³-hybridized carbons (Fsp3) is 0.0526. The van der Waals surface area contributed by atoms with Crippen LogP contribution in [0, 0.1) is 22.7 Å². The van der Waals surface area contributed by atoms with E-state index in [9.17, 15) is 0 Å². The van der Waals surface area contributed by atoms with Gasteiger partial charge in [-0.05, 0) is 6.07 Å². The van der Waals surface area contributed by atoms with Crippen molar-refractivity contribution in [2.45, 2.75) is 0 Å². The lowest BCUT2D eigenvalue weighted by molar-refractivity contribution is 0.369. The minimum absolute atomic E-state index is 0.0748. The van der Waals surface area contributed by atoms with Gasteiger partial charge < -0.3 is 4.74 Å². The number of benzene rings is 2. The molecule has 0 bridgehead atoms. The van der Waals surface area contributed by atoms with E-state index in [1.807, 2.05) is 48.5 Å². The van der Waals surface area contributed by atoms with Crippen molar-refractivity contribution < 1.29 is 4.74 Å². The molecule has 1 heterocycles. The Hall–Kier alpha value is -3.70. The summed E-state index contributed by atoms with van der Waals surface area (Å²) in [7, 11) is 1.43. The molecule has 24 heavy (non-hydrogen) atoms. The van der Waals surface area contributed by atoms with Gasteiger partial charge in [-0.1, -0.05) is 42.5 Å². The first-order valence-electron chi connectivity index (χ1n) is 7.18. The zero-order valence-corrected chi connectivity index (χ0v) is 12.9. The maximum Gasteiger partial charge on any atom is 0.172 e. The Kier molecular flexibility index (Phi) is 4.18. The van der Waals surface area contributed by atoms with E-state index < -0.39 is 0 Å². The van der Waals surface area contributed by atoms with Crippen molar-refractivity contribution in [1.29, 1.82) is 10.5 Å². The number of rotatable bonds is 3. The van der Waals surface area contributed by atoms with Crippen molar-refractivity contribution in [3.8, 4) is 23.5 Å². The topological polar surface area (TPSA) is 82.6 Å². The Bertz CT molecular complexity index is 995. The van der Waals surface area contributed by atoms with Gasteiger partial charge in [0.2, 0.25) is 0 Å². The van der Waals surface area contributed by atoms with Crippen LogP contribution in [0.1, 0.15) is 5.56 Å². The third kappa shape index (κ3) is 2.79. The maximum absolute atomic E-state index is 9.06. The highest BCUT2D eigenvalue weighted by molar-refractivity contribution is 5.84. The van der Waals surface area contributed by atoms with Gasteiger partial charge in [-0.15, -0.1) is 0 Å². The first-order chi connectivity index (χ1) is 11.8. The van der Waals surface area contributed by atoms with Gasteiger partial charge >= 0.3 is 0 Å². The summed E-state index contributed by atoms with van der Waals surface area (Å²) < 4.78 is 5.24. The van der Waals surface area contributed by atoms with Crippen LogP contribution in [0.4, 0.5) is 0 Å². The first kappa shape index (κ1) is 15.2. The molecule has 0 amide bonds. The van der Waals surface area contributed by atoms with E-state index in [0.29, 0.717) is 16.9 Å². The lowest BCUT2D eigenvalue weighted by Gasteiger charge is -2.08. The SMILES string of the molecule is COC(=C(C#N)C#N)c1ccc2cnc(-c3ccccc3)nc2c1. The van der Waals surface area contributed by atoms with E-state index in [0.717, 1.165) is 10.9 Å². The fourth-order valence-corrected chi connectivity index (χ4v) is 2.38. The Morgan fingerprint density at radius 1 is 1.04 bits per heavy atom. The molecule has 0 aliphatic rings. The van der Waals surface area contributed by atoms with E-state index in [1.165, 1.54) is 7.11 Å². The number of methoxy groups -OCH3 is 1. The molecule has 1 aromatic heterocycles. The second kappa shape index (κ2) is 6.60. The number of aromatic nitrogens is 2. The lowest BCUT2D eigenvalue weighted by atomic mass is 10.1. The number of nitrogens with zero attached hydrogens (tertiary/aromatic N) is 4. The Labute approximate surface area is 139 Å². The van der Waals surface area contributed by atoms with Crippen molar-refractivity contribution in [2.24, 2.45) is 0 Å². The highest BCUT2D eigenvalue weighted by Crippen LogP contribution is 2.24. The third-order valence-corrected chi connectivity index (χ3v) is 3.53. The van der Waals surface area contributed by atoms with Gasteiger partial charge in [0.15, 0.2) is 17.2 Å². The molecular weight excluding hydrogens is 300 g/mol. The van der Waals surface area contributed by atoms with E-state index in [4.69, 9.17) is 15.3 Å². The summed E-state index contributed by atoms with van der Waals surface area (Å²) in [6.07, 6.45) is 1.75. The quantitative estimate of drug-likeness (QED) is 0.544. The van der Waals surface area contributed by atoms with Crippen LogP contribution in [0.2, 0.25) is 0 Å². The smallest absolute Gasteiger partial charge is 0.172 e. The van der Waals surface area contributed by atoms with E-state index in [1.54, 1.807) is 18.3 Å². The van der Waals surface area contributed by atoms with Gasteiger partial charge in [0.1, 0.15) is 12.1 Å². The minimum atomic E-state index is -0.0748. The molecule has 0 fully saturated rings. The molecule has 0 radical (unpaired) electrons. The molecule has 3 rings (SSSR count). The maximum atomic E-state index is 9.06. The monoisotopic (exact) mass is 312 g/mol. The Morgan fingerprint density at radius 2 is 1.79 bits per heavy atom. The fourth-order valence-electron chi connectivity index (χ4n) is 2.38. The van der Waals surface area contributed by atoms with E-state index >= 15 is 0 Å². The van der Waals surface area contributed by atoms with Crippen LogP contribution in [-0.2, 0) is 4.74 Å². The van der Waals surface area contributed by atoms with Gasteiger partial charge in [0, 0.05) is 22.7 Å². The number of allylic oxidation sites excluding steroid dienone is 1. The van der Waals surface area contributed by atoms with E-state index in [2.05, 4.69) is 9.97 Å². The van der Waals surface area contributed by atoms with Crippen molar-refractivity contribution in [3.63, 3.8) is 0 Å². The summed E-state index contributed by atoms with van der Waals surface area (Å²) >= 11 is 0. The van der Waals surface area contributed by atoms with Gasteiger partial charge in [0.25, 0.3) is 0 Å². The summed E-state index contributed by atoms with van der Waals surface area (Å²) in [6, 6.07) is 18.8. The largest absolute Gasteiger partial charge is 0.494 e. The van der Waals surface area contributed by atoms with Crippen LogP contribution in [0.3, 0.4) is 0 Å². The number of hydrogen-bond acceptors (Lipinski definition) is 5. The molecule has 0 saturated heterocycles. The summed E-state index contributed by atoms with van der Waals surface area (Å²) in [5.74, 6) is 0.853. The van der Waals surface area contributed by atoms with Crippen molar-refractivity contribution in [3.05, 3.63) is 65.9 Å². The lowest BCUT2D eigenvalue weighted by Crippen LogP contribution is -1.94. The molecular formula is C19H12N4O. The molecule has 0 N–H and O–H groups in total. The average Bonchev–Trinajstić information content (AvgIpc) is 2.65. The number of nitriles is 2. The van der Waals surface area contributed by atoms with E-state index in [-0.39, 0.29) is 11.3 Å². The normalized spacial score (nSPS) is 9.79. The Morgan fingerprint density at radius 3 is 2.46 bits per heavy atom. The van der Waals surface area contributed by atoms with Crippen LogP contribution in [-0.4, -0.2) is 17.1 Å². The molecule has 0 aliphatic carbocycles.